The van der Waals surface area contributed by atoms with Gasteiger partial charge in [-0.3, -0.25) is 0 Å². The molecule has 10 aromatic rings. The summed E-state index contributed by atoms with van der Waals surface area (Å²) >= 11 is 4.80. The maximum atomic E-state index is 6.41. The van der Waals surface area contributed by atoms with Gasteiger partial charge in [-0.1, -0.05) is 117 Å². The lowest BCUT2D eigenvalue weighted by atomic mass is 9.87. The molecule has 0 N–H and O–H groups in total. The predicted octanol–water partition coefficient (Wildman–Crippen LogP) is 18.4. The summed E-state index contributed by atoms with van der Waals surface area (Å²) in [5, 5.41) is 0. The molecule has 0 amide bonds. The Labute approximate surface area is 445 Å². The predicted molar refractivity (Wildman–Crippen MR) is 309 cm³/mol. The van der Waals surface area contributed by atoms with Gasteiger partial charge >= 0.3 is 18.0 Å². The highest BCUT2D eigenvalue weighted by Gasteiger charge is 2.21. The first-order valence-electron chi connectivity index (χ1n) is 25.0. The molecular weight excluding hydrogens is 945 g/mol. The van der Waals surface area contributed by atoms with Crippen LogP contribution in [0.2, 0.25) is 0 Å². The van der Waals surface area contributed by atoms with Crippen LogP contribution in [-0.4, -0.2) is 15.0 Å². The zero-order chi connectivity index (χ0) is 51.9. The van der Waals surface area contributed by atoms with E-state index in [4.69, 9.17) is 26.8 Å². The van der Waals surface area contributed by atoms with Crippen LogP contribution in [0.3, 0.4) is 0 Å². The zero-order valence-corrected chi connectivity index (χ0v) is 43.8. The summed E-state index contributed by atoms with van der Waals surface area (Å²) in [5.41, 5.74) is 12.6. The molecule has 0 aliphatic heterocycles. The van der Waals surface area contributed by atoms with Crippen LogP contribution in [0.15, 0.2) is 237 Å². The molecule has 75 heavy (non-hydrogen) atoms. The number of anilines is 9. The Hall–Kier alpha value is -8.86. The highest BCUT2D eigenvalue weighted by atomic mass is 32.1. The van der Waals surface area contributed by atoms with E-state index in [1.165, 1.54) is 11.1 Å². The maximum absolute atomic E-state index is 6.41. The van der Waals surface area contributed by atoms with E-state index in [0.717, 1.165) is 56.7 Å². The highest BCUT2D eigenvalue weighted by Crippen LogP contribution is 2.41. The molecule has 10 rings (SSSR count). The fraction of sp³-hybridized carbons (Fsp3) is 0.123. The number of hydrogen-bond acceptors (Lipinski definition) is 10. The molecule has 9 nitrogen and oxygen atoms in total. The molecule has 372 valence electrons. The molecule has 10 heteroatoms. The molecule has 0 aliphatic rings. The van der Waals surface area contributed by atoms with Crippen molar-refractivity contribution in [1.82, 2.24) is 15.0 Å². The lowest BCUT2D eigenvalue weighted by Gasteiger charge is -2.27. The third kappa shape index (κ3) is 12.0. The molecule has 0 bridgehead atoms. The lowest BCUT2D eigenvalue weighted by Crippen LogP contribution is -2.13. The summed E-state index contributed by atoms with van der Waals surface area (Å²) in [6, 6.07) is 79.9. The SMILES string of the molecule is Cc1ccc(N(c2ccccc2)c2ccc(Oc3nc(Oc4ccc(N(c5ccccc5)c5ccc(C(C)(C)C)cc5)cc4)nc(Oc4ccc(N(c5ccccc5)c5ccc(C(C)(C)S)cc5)cc4)n3)cc2)cc1. The minimum atomic E-state index is -0.272. The Morgan fingerprint density at radius 1 is 0.307 bits per heavy atom. The normalized spacial score (nSPS) is 11.4. The van der Waals surface area contributed by atoms with E-state index in [-0.39, 0.29) is 28.2 Å². The minimum Gasteiger partial charge on any atom is -0.424 e. The van der Waals surface area contributed by atoms with Gasteiger partial charge in [0.05, 0.1) is 0 Å². The fourth-order valence-electron chi connectivity index (χ4n) is 8.66. The van der Waals surface area contributed by atoms with E-state index in [2.05, 4.69) is 180 Å². The van der Waals surface area contributed by atoms with E-state index in [1.807, 2.05) is 127 Å². The molecule has 1 aromatic heterocycles. The van der Waals surface area contributed by atoms with Crippen LogP contribution >= 0.6 is 12.6 Å². The topological polar surface area (TPSA) is 76.1 Å². The van der Waals surface area contributed by atoms with E-state index in [0.29, 0.717) is 17.2 Å². The minimum absolute atomic E-state index is 0.00788. The Balaban J connectivity index is 0.956. The second-order valence-corrected chi connectivity index (χ2v) is 20.8. The molecule has 9 aromatic carbocycles. The van der Waals surface area contributed by atoms with Crippen LogP contribution in [0.5, 0.6) is 35.3 Å². The number of para-hydroxylation sites is 3. The Kier molecular flexibility index (Phi) is 14.4. The van der Waals surface area contributed by atoms with Crippen molar-refractivity contribution in [2.45, 2.75) is 51.7 Å². The molecule has 0 saturated carbocycles. The largest absolute Gasteiger partial charge is 0.424 e. The number of rotatable bonds is 16. The zero-order valence-electron chi connectivity index (χ0n) is 42.9. The number of aromatic nitrogens is 3. The second kappa shape index (κ2) is 21.7. The van der Waals surface area contributed by atoms with Crippen LogP contribution in [-0.2, 0) is 10.2 Å². The van der Waals surface area contributed by atoms with Gasteiger partial charge in [0.1, 0.15) is 17.2 Å². The standard InChI is InChI=1S/C65H58N6O3S/c1-46-22-28-52(29-23-46)69(49-16-10-7-11-17-49)55-34-40-58(41-35-55)72-61-66-62(73-59-42-36-56(37-43-59)70(50-18-12-8-13-19-50)53-30-24-47(25-31-53)64(2,3)4)68-63(67-61)74-60-44-38-57(39-45-60)71(51-20-14-9-15-21-51)54-32-26-48(27-33-54)65(5,6)75/h7-45,75H,1-6H3. The summed E-state index contributed by atoms with van der Waals surface area (Å²) in [6.45, 7) is 12.9. The number of thiol groups is 1. The summed E-state index contributed by atoms with van der Waals surface area (Å²) in [4.78, 5) is 20.6. The van der Waals surface area contributed by atoms with Gasteiger partial charge in [-0.05, 0) is 183 Å². The third-order valence-electron chi connectivity index (χ3n) is 12.6. The van der Waals surface area contributed by atoms with Crippen LogP contribution < -0.4 is 28.9 Å². The maximum Gasteiger partial charge on any atom is 0.331 e. The monoisotopic (exact) mass is 1000 g/mol. The van der Waals surface area contributed by atoms with Crippen LogP contribution in [0.1, 0.15) is 51.3 Å². The summed E-state index contributed by atoms with van der Waals surface area (Å²) in [7, 11) is 0. The molecule has 0 unspecified atom stereocenters. The van der Waals surface area contributed by atoms with Crippen molar-refractivity contribution >= 4 is 63.8 Å². The Morgan fingerprint density at radius 2 is 0.547 bits per heavy atom. The average Bonchev–Trinajstić information content (AvgIpc) is 3.42. The molecule has 1 heterocycles. The van der Waals surface area contributed by atoms with Gasteiger partial charge in [0.25, 0.3) is 0 Å². The highest BCUT2D eigenvalue weighted by molar-refractivity contribution is 7.81. The number of aryl methyl sites for hydroxylation is 1. The molecule has 0 radical (unpaired) electrons. The van der Waals surface area contributed by atoms with E-state index in [1.54, 1.807) is 0 Å². The first-order chi connectivity index (χ1) is 36.3. The number of hydrogen-bond donors (Lipinski definition) is 1. The summed E-state index contributed by atoms with van der Waals surface area (Å²) < 4.78 is 18.9. The fourth-order valence-corrected chi connectivity index (χ4v) is 8.81. The molecule has 0 fully saturated rings. The van der Waals surface area contributed by atoms with Crippen molar-refractivity contribution in [3.8, 4) is 35.3 Å². The van der Waals surface area contributed by atoms with Gasteiger partial charge in [0.2, 0.25) is 0 Å². The van der Waals surface area contributed by atoms with Gasteiger partial charge in [-0.25, -0.2) is 0 Å². The first-order valence-corrected chi connectivity index (χ1v) is 25.4. The number of benzene rings is 9. The summed E-state index contributed by atoms with van der Waals surface area (Å²) in [6.07, 6.45) is 0. The van der Waals surface area contributed by atoms with E-state index < -0.39 is 0 Å². The second-order valence-electron chi connectivity index (χ2n) is 19.7. The molecule has 0 aliphatic carbocycles. The summed E-state index contributed by atoms with van der Waals surface area (Å²) in [5.74, 6) is 1.52. The van der Waals surface area contributed by atoms with Crippen molar-refractivity contribution < 1.29 is 14.2 Å². The van der Waals surface area contributed by atoms with Crippen LogP contribution in [0.4, 0.5) is 51.2 Å². The van der Waals surface area contributed by atoms with Gasteiger partial charge < -0.3 is 28.9 Å². The Bertz CT molecular complexity index is 3280. The van der Waals surface area contributed by atoms with Crippen molar-refractivity contribution in [3.63, 3.8) is 0 Å². The van der Waals surface area contributed by atoms with E-state index in [9.17, 15) is 0 Å². The lowest BCUT2D eigenvalue weighted by molar-refractivity contribution is 0.362. The van der Waals surface area contributed by atoms with Gasteiger partial charge in [0.15, 0.2) is 0 Å². The van der Waals surface area contributed by atoms with Gasteiger partial charge in [-0.2, -0.15) is 12.6 Å². The van der Waals surface area contributed by atoms with Crippen molar-refractivity contribution in [2.24, 2.45) is 0 Å². The molecule has 0 atom stereocenters. The van der Waals surface area contributed by atoms with Gasteiger partial charge in [-0.15, -0.1) is 15.0 Å². The number of nitrogens with zero attached hydrogens (tertiary/aromatic N) is 6. The van der Waals surface area contributed by atoms with Crippen LogP contribution in [0.25, 0.3) is 0 Å². The Morgan fingerprint density at radius 3 is 0.813 bits per heavy atom. The quantitative estimate of drug-likeness (QED) is 0.0953. The van der Waals surface area contributed by atoms with Crippen molar-refractivity contribution in [1.29, 1.82) is 0 Å². The van der Waals surface area contributed by atoms with Crippen LogP contribution in [0, 0.1) is 6.92 Å². The van der Waals surface area contributed by atoms with Gasteiger partial charge in [0, 0.05) is 55.9 Å². The number of ether oxygens (including phenoxy) is 3. The first kappa shape index (κ1) is 49.7. The third-order valence-corrected chi connectivity index (χ3v) is 12.9. The smallest absolute Gasteiger partial charge is 0.331 e. The molecule has 0 spiro atoms. The molecule has 0 saturated heterocycles. The van der Waals surface area contributed by atoms with Crippen molar-refractivity contribution in [3.05, 3.63) is 253 Å². The molecular formula is C65H58N6O3S. The van der Waals surface area contributed by atoms with E-state index >= 15 is 0 Å². The van der Waals surface area contributed by atoms with Crippen molar-refractivity contribution in [2.75, 3.05) is 14.7 Å². The average molecular weight is 1000 g/mol.